The Labute approximate surface area is 102 Å². The standard InChI is InChI=1S/C13H20N2O2/c1-10(2)17-11-5-4-7-14-12(11)15-13(3)6-8-16-9-13/h4-5,7,10H,6,8-9H2,1-3H3,(H,14,15). The van der Waals surface area contributed by atoms with Gasteiger partial charge >= 0.3 is 0 Å². The van der Waals surface area contributed by atoms with Crippen molar-refractivity contribution in [3.05, 3.63) is 18.3 Å². The van der Waals surface area contributed by atoms with Crippen molar-refractivity contribution < 1.29 is 9.47 Å². The third-order valence-corrected chi connectivity index (χ3v) is 2.77. The van der Waals surface area contributed by atoms with Crippen LogP contribution in [0, 0.1) is 0 Å². The minimum absolute atomic E-state index is 0.0383. The van der Waals surface area contributed by atoms with Gasteiger partial charge in [-0.05, 0) is 39.3 Å². The Balaban J connectivity index is 2.14. The highest BCUT2D eigenvalue weighted by molar-refractivity contribution is 5.51. The highest BCUT2D eigenvalue weighted by Crippen LogP contribution is 2.28. The van der Waals surface area contributed by atoms with Gasteiger partial charge in [0.1, 0.15) is 0 Å². The van der Waals surface area contributed by atoms with Gasteiger partial charge in [0.2, 0.25) is 0 Å². The lowest BCUT2D eigenvalue weighted by Crippen LogP contribution is -2.35. The molecule has 0 amide bonds. The van der Waals surface area contributed by atoms with E-state index >= 15 is 0 Å². The summed E-state index contributed by atoms with van der Waals surface area (Å²) in [6.45, 7) is 7.68. The van der Waals surface area contributed by atoms with Crippen LogP contribution >= 0.6 is 0 Å². The van der Waals surface area contributed by atoms with E-state index in [0.29, 0.717) is 6.61 Å². The SMILES string of the molecule is CC(C)Oc1cccnc1NC1(C)CCOC1. The zero-order valence-electron chi connectivity index (χ0n) is 10.7. The summed E-state index contributed by atoms with van der Waals surface area (Å²) in [4.78, 5) is 4.35. The maximum Gasteiger partial charge on any atom is 0.169 e. The number of ether oxygens (including phenoxy) is 2. The Hall–Kier alpha value is -1.29. The average molecular weight is 236 g/mol. The number of hydrogen-bond acceptors (Lipinski definition) is 4. The number of anilines is 1. The van der Waals surface area contributed by atoms with Crippen molar-refractivity contribution in [1.82, 2.24) is 4.98 Å². The first-order chi connectivity index (χ1) is 8.09. The van der Waals surface area contributed by atoms with Crippen molar-refractivity contribution in [1.29, 1.82) is 0 Å². The van der Waals surface area contributed by atoms with Crippen molar-refractivity contribution >= 4 is 5.82 Å². The quantitative estimate of drug-likeness (QED) is 0.872. The molecule has 1 aromatic rings. The molecule has 4 nitrogen and oxygen atoms in total. The Kier molecular flexibility index (Phi) is 3.52. The molecule has 1 unspecified atom stereocenters. The molecule has 1 aliphatic rings. The normalized spacial score (nSPS) is 24.0. The van der Waals surface area contributed by atoms with Crippen LogP contribution in [0.15, 0.2) is 18.3 Å². The number of nitrogens with zero attached hydrogens (tertiary/aromatic N) is 1. The summed E-state index contributed by atoms with van der Waals surface area (Å²) in [5, 5.41) is 3.43. The van der Waals surface area contributed by atoms with Crippen molar-refractivity contribution in [3.63, 3.8) is 0 Å². The van der Waals surface area contributed by atoms with Crippen LogP contribution in [0.2, 0.25) is 0 Å². The molecule has 0 saturated carbocycles. The molecule has 2 rings (SSSR count). The molecule has 0 bridgehead atoms. The fourth-order valence-corrected chi connectivity index (χ4v) is 1.88. The Morgan fingerprint density at radius 2 is 2.35 bits per heavy atom. The molecule has 94 valence electrons. The van der Waals surface area contributed by atoms with Gasteiger partial charge in [-0.2, -0.15) is 0 Å². The molecule has 1 aliphatic heterocycles. The van der Waals surface area contributed by atoms with Gasteiger partial charge in [0.25, 0.3) is 0 Å². The molecule has 1 fully saturated rings. The number of aromatic nitrogens is 1. The monoisotopic (exact) mass is 236 g/mol. The van der Waals surface area contributed by atoms with Crippen LogP contribution < -0.4 is 10.1 Å². The molecule has 0 aliphatic carbocycles. The summed E-state index contributed by atoms with van der Waals surface area (Å²) >= 11 is 0. The van der Waals surface area contributed by atoms with Gasteiger partial charge in [0.05, 0.1) is 18.2 Å². The lowest BCUT2D eigenvalue weighted by Gasteiger charge is -2.25. The zero-order valence-corrected chi connectivity index (χ0v) is 10.7. The minimum Gasteiger partial charge on any atom is -0.487 e. The first-order valence-electron chi connectivity index (χ1n) is 6.07. The van der Waals surface area contributed by atoms with E-state index in [0.717, 1.165) is 24.6 Å². The molecule has 1 N–H and O–H groups in total. The molecule has 1 saturated heterocycles. The Bertz CT molecular complexity index is 373. The predicted molar refractivity (Wildman–Crippen MR) is 67.5 cm³/mol. The average Bonchev–Trinajstić information content (AvgIpc) is 2.67. The molecular weight excluding hydrogens is 216 g/mol. The van der Waals surface area contributed by atoms with Gasteiger partial charge in [0.15, 0.2) is 11.6 Å². The van der Waals surface area contributed by atoms with E-state index in [2.05, 4.69) is 17.2 Å². The van der Waals surface area contributed by atoms with E-state index in [4.69, 9.17) is 9.47 Å². The van der Waals surface area contributed by atoms with Gasteiger partial charge in [0, 0.05) is 12.8 Å². The molecule has 2 heterocycles. The van der Waals surface area contributed by atoms with E-state index in [-0.39, 0.29) is 11.6 Å². The highest BCUT2D eigenvalue weighted by atomic mass is 16.5. The van der Waals surface area contributed by atoms with Crippen molar-refractivity contribution in [2.75, 3.05) is 18.5 Å². The molecule has 17 heavy (non-hydrogen) atoms. The Morgan fingerprint density at radius 1 is 1.53 bits per heavy atom. The van der Waals surface area contributed by atoms with Crippen molar-refractivity contribution in [2.24, 2.45) is 0 Å². The molecule has 0 radical (unpaired) electrons. The van der Waals surface area contributed by atoms with E-state index in [1.54, 1.807) is 6.20 Å². The molecule has 4 heteroatoms. The van der Waals surface area contributed by atoms with Gasteiger partial charge < -0.3 is 14.8 Å². The largest absolute Gasteiger partial charge is 0.487 e. The number of nitrogens with one attached hydrogen (secondary N) is 1. The zero-order chi connectivity index (χ0) is 12.3. The van der Waals surface area contributed by atoms with E-state index in [1.165, 1.54) is 0 Å². The van der Waals surface area contributed by atoms with Gasteiger partial charge in [-0.3, -0.25) is 0 Å². The summed E-state index contributed by atoms with van der Waals surface area (Å²) in [7, 11) is 0. The summed E-state index contributed by atoms with van der Waals surface area (Å²) in [5.74, 6) is 1.60. The van der Waals surface area contributed by atoms with Crippen LogP contribution in [0.3, 0.4) is 0 Å². The van der Waals surface area contributed by atoms with Gasteiger partial charge in [-0.1, -0.05) is 0 Å². The van der Waals surface area contributed by atoms with E-state index < -0.39 is 0 Å². The third-order valence-electron chi connectivity index (χ3n) is 2.77. The van der Waals surface area contributed by atoms with Gasteiger partial charge in [-0.15, -0.1) is 0 Å². The lowest BCUT2D eigenvalue weighted by molar-refractivity contribution is 0.185. The topological polar surface area (TPSA) is 43.4 Å². The fraction of sp³-hybridized carbons (Fsp3) is 0.615. The fourth-order valence-electron chi connectivity index (χ4n) is 1.88. The van der Waals surface area contributed by atoms with Gasteiger partial charge in [-0.25, -0.2) is 4.98 Å². The van der Waals surface area contributed by atoms with Crippen LogP contribution in [0.25, 0.3) is 0 Å². The van der Waals surface area contributed by atoms with Crippen LogP contribution in [0.4, 0.5) is 5.82 Å². The van der Waals surface area contributed by atoms with Crippen LogP contribution in [-0.4, -0.2) is 29.8 Å². The van der Waals surface area contributed by atoms with Crippen LogP contribution in [-0.2, 0) is 4.74 Å². The predicted octanol–water partition coefficient (Wildman–Crippen LogP) is 2.46. The van der Waals surface area contributed by atoms with E-state index in [1.807, 2.05) is 26.0 Å². The number of hydrogen-bond donors (Lipinski definition) is 1. The molecule has 0 spiro atoms. The van der Waals surface area contributed by atoms with Crippen molar-refractivity contribution in [2.45, 2.75) is 38.8 Å². The molecule has 1 aromatic heterocycles. The van der Waals surface area contributed by atoms with E-state index in [9.17, 15) is 0 Å². The smallest absolute Gasteiger partial charge is 0.169 e. The maximum atomic E-state index is 5.73. The summed E-state index contributed by atoms with van der Waals surface area (Å²) in [6, 6.07) is 3.82. The summed E-state index contributed by atoms with van der Waals surface area (Å²) < 4.78 is 11.2. The van der Waals surface area contributed by atoms with Crippen molar-refractivity contribution in [3.8, 4) is 5.75 Å². The molecule has 1 atom stereocenters. The maximum absolute atomic E-state index is 5.73. The number of pyridine rings is 1. The second-order valence-corrected chi connectivity index (χ2v) is 5.00. The third kappa shape index (κ3) is 3.09. The van der Waals surface area contributed by atoms with Crippen LogP contribution in [0.5, 0.6) is 5.75 Å². The summed E-state index contributed by atoms with van der Waals surface area (Å²) in [5.41, 5.74) is -0.0383. The highest BCUT2D eigenvalue weighted by Gasteiger charge is 2.30. The second kappa shape index (κ2) is 4.92. The summed E-state index contributed by atoms with van der Waals surface area (Å²) in [6.07, 6.45) is 2.91. The lowest BCUT2D eigenvalue weighted by atomic mass is 10.0. The first-order valence-corrected chi connectivity index (χ1v) is 6.07. The first kappa shape index (κ1) is 12.2. The Morgan fingerprint density at radius 3 is 3.00 bits per heavy atom. The second-order valence-electron chi connectivity index (χ2n) is 5.00. The van der Waals surface area contributed by atoms with Crippen LogP contribution in [0.1, 0.15) is 27.2 Å². The molecule has 0 aromatic carbocycles. The molecular formula is C13H20N2O2. The minimum atomic E-state index is -0.0383. The number of rotatable bonds is 4.